The molecule has 0 aliphatic heterocycles. The number of rotatable bonds is 4. The van der Waals surface area contributed by atoms with E-state index in [-0.39, 0.29) is 22.2 Å². The van der Waals surface area contributed by atoms with Gasteiger partial charge in [0.25, 0.3) is 0 Å². The quantitative estimate of drug-likeness (QED) is 0.473. The van der Waals surface area contributed by atoms with Gasteiger partial charge >= 0.3 is 0 Å². The molecule has 0 radical (unpaired) electrons. The fourth-order valence-electron chi connectivity index (χ4n) is 1.87. The molecule has 0 unspecified atom stereocenters. The van der Waals surface area contributed by atoms with Gasteiger partial charge in [-0.05, 0) is 24.6 Å². The largest absolute Gasteiger partial charge is 0.388 e. The van der Waals surface area contributed by atoms with E-state index in [1.54, 1.807) is 12.1 Å². The number of hydrogen-bond acceptors (Lipinski definition) is 5. The van der Waals surface area contributed by atoms with Gasteiger partial charge in [0.1, 0.15) is 22.1 Å². The predicted octanol–water partition coefficient (Wildman–Crippen LogP) is 1.64. The van der Waals surface area contributed by atoms with Crippen LogP contribution in [0.2, 0.25) is 10.0 Å². The Morgan fingerprint density at radius 2 is 1.91 bits per heavy atom. The van der Waals surface area contributed by atoms with Crippen LogP contribution >= 0.6 is 35.4 Å². The minimum Gasteiger partial charge on any atom is -0.388 e. The Kier molecular flexibility index (Phi) is 4.81. The second-order valence-electron chi connectivity index (χ2n) is 4.33. The summed E-state index contributed by atoms with van der Waals surface area (Å²) in [5.74, 6) is -0.0327. The van der Waals surface area contributed by atoms with Crippen molar-refractivity contribution in [2.45, 2.75) is 6.92 Å². The summed E-state index contributed by atoms with van der Waals surface area (Å²) in [5, 5.41) is 4.71. The fraction of sp³-hybridized carbons (Fsp3) is 0.0909. The lowest BCUT2D eigenvalue weighted by molar-refractivity contribution is 0.619. The molecular weight excluding hydrogens is 369 g/mol. The molecule has 1 heterocycles. The molecule has 0 bridgehead atoms. The van der Waals surface area contributed by atoms with E-state index >= 15 is 0 Å². The molecule has 0 spiro atoms. The number of aromatic nitrogens is 2. The third-order valence-electron chi connectivity index (χ3n) is 2.73. The molecule has 0 atom stereocenters. The molecule has 0 aliphatic carbocycles. The number of thiol groups is 1. The summed E-state index contributed by atoms with van der Waals surface area (Å²) in [6.45, 7) is 1.82. The van der Waals surface area contributed by atoms with Gasteiger partial charge in [-0.2, -0.15) is 5.10 Å². The van der Waals surface area contributed by atoms with Crippen LogP contribution in [0.15, 0.2) is 12.1 Å². The molecule has 11 heteroatoms. The number of aryl methyl sites for hydroxylation is 1. The first kappa shape index (κ1) is 16.8. The summed E-state index contributed by atoms with van der Waals surface area (Å²) >= 11 is 17.2. The second-order valence-corrected chi connectivity index (χ2v) is 6.32. The van der Waals surface area contributed by atoms with Gasteiger partial charge in [-0.1, -0.05) is 35.4 Å². The van der Waals surface area contributed by atoms with Crippen molar-refractivity contribution in [1.29, 1.82) is 0 Å². The normalized spacial score (nSPS) is 10.9. The Hall–Kier alpha value is -1.55. The van der Waals surface area contributed by atoms with E-state index in [9.17, 15) is 8.42 Å². The first-order chi connectivity index (χ1) is 10.2. The Bertz CT molecular complexity index is 816. The topological polar surface area (TPSA) is 116 Å². The van der Waals surface area contributed by atoms with Crippen molar-refractivity contribution in [1.82, 2.24) is 9.78 Å². The van der Waals surface area contributed by atoms with E-state index in [1.165, 1.54) is 4.68 Å². The molecule has 1 aromatic heterocycles. The lowest BCUT2D eigenvalue weighted by atomic mass is 10.2. The number of nitrogen functional groups attached to an aromatic ring is 1. The van der Waals surface area contributed by atoms with E-state index in [0.717, 1.165) is 5.56 Å². The Morgan fingerprint density at radius 1 is 1.36 bits per heavy atom. The first-order valence-electron chi connectivity index (χ1n) is 5.77. The van der Waals surface area contributed by atoms with Gasteiger partial charge in [-0.3, -0.25) is 4.72 Å². The SMILES string of the molecule is Cc1cc(Cl)c(-n2nc(C(N)=S)c(N[SH](=O)=O)c2N)c(Cl)c1. The molecule has 0 fully saturated rings. The van der Waals surface area contributed by atoms with Crippen LogP contribution in [-0.4, -0.2) is 23.2 Å². The van der Waals surface area contributed by atoms with E-state index in [4.69, 9.17) is 46.9 Å². The molecule has 0 saturated heterocycles. The van der Waals surface area contributed by atoms with Crippen LogP contribution in [0.4, 0.5) is 11.5 Å². The van der Waals surface area contributed by atoms with Gasteiger partial charge < -0.3 is 11.5 Å². The molecule has 0 amide bonds. The standard InChI is InChI=1S/C11H11Cl2N5O2S2/c1-4-2-5(12)9(6(13)3-4)18-10(14)7(17-22(19)20)8(16-18)11(15)21/h2-3,22H,14H2,1H3,(H2,15,21)(H,17,19,20). The van der Waals surface area contributed by atoms with Crippen molar-refractivity contribution in [2.24, 2.45) is 5.73 Å². The zero-order valence-electron chi connectivity index (χ0n) is 11.1. The lowest BCUT2D eigenvalue weighted by Crippen LogP contribution is -2.13. The van der Waals surface area contributed by atoms with E-state index < -0.39 is 10.9 Å². The molecule has 0 saturated carbocycles. The number of anilines is 2. The average Bonchev–Trinajstić information content (AvgIpc) is 2.66. The third kappa shape index (κ3) is 3.12. The second kappa shape index (κ2) is 6.29. The van der Waals surface area contributed by atoms with E-state index in [2.05, 4.69) is 9.82 Å². The Labute approximate surface area is 143 Å². The summed E-state index contributed by atoms with van der Waals surface area (Å²) < 4.78 is 25.2. The molecule has 7 nitrogen and oxygen atoms in total. The van der Waals surface area contributed by atoms with Crippen LogP contribution < -0.4 is 16.2 Å². The van der Waals surface area contributed by atoms with Gasteiger partial charge in [0.2, 0.25) is 10.9 Å². The molecule has 22 heavy (non-hydrogen) atoms. The van der Waals surface area contributed by atoms with Crippen molar-refractivity contribution < 1.29 is 8.42 Å². The van der Waals surface area contributed by atoms with Crippen LogP contribution in [0.25, 0.3) is 5.69 Å². The Morgan fingerprint density at radius 3 is 2.36 bits per heavy atom. The molecule has 0 aliphatic rings. The highest BCUT2D eigenvalue weighted by Gasteiger charge is 2.22. The van der Waals surface area contributed by atoms with Gasteiger partial charge in [0, 0.05) is 0 Å². The first-order valence-corrected chi connectivity index (χ1v) is 8.12. The number of benzene rings is 1. The van der Waals surface area contributed by atoms with Crippen molar-refractivity contribution in [3.05, 3.63) is 33.4 Å². The van der Waals surface area contributed by atoms with Gasteiger partial charge in [-0.25, -0.2) is 13.1 Å². The maximum Gasteiger partial charge on any atom is 0.222 e. The molecule has 2 aromatic rings. The summed E-state index contributed by atoms with van der Waals surface area (Å²) in [5.41, 5.74) is 12.6. The number of nitrogens with zero attached hydrogens (tertiary/aromatic N) is 2. The highest BCUT2D eigenvalue weighted by molar-refractivity contribution is 7.80. The number of thiocarbonyl (C=S) groups is 1. The highest BCUT2D eigenvalue weighted by Crippen LogP contribution is 2.34. The van der Waals surface area contributed by atoms with E-state index in [1.807, 2.05) is 6.92 Å². The van der Waals surface area contributed by atoms with Crippen LogP contribution in [0.5, 0.6) is 0 Å². The van der Waals surface area contributed by atoms with Crippen molar-refractivity contribution in [2.75, 3.05) is 10.5 Å². The molecule has 118 valence electrons. The maximum atomic E-state index is 10.9. The average molecular weight is 380 g/mol. The minimum atomic E-state index is -2.97. The fourth-order valence-corrected chi connectivity index (χ4v) is 3.17. The number of nitrogens with two attached hydrogens (primary N) is 2. The van der Waals surface area contributed by atoms with Crippen molar-refractivity contribution in [3.8, 4) is 5.69 Å². The molecular formula is C11H11Cl2N5O2S2. The molecule has 2 rings (SSSR count). The maximum absolute atomic E-state index is 10.9. The number of nitrogens with one attached hydrogen (secondary N) is 1. The van der Waals surface area contributed by atoms with Crippen LogP contribution in [0, 0.1) is 6.92 Å². The van der Waals surface area contributed by atoms with Gasteiger partial charge in [-0.15, -0.1) is 0 Å². The zero-order valence-corrected chi connectivity index (χ0v) is 14.4. The summed E-state index contributed by atoms with van der Waals surface area (Å²) in [4.78, 5) is -0.121. The summed E-state index contributed by atoms with van der Waals surface area (Å²) in [6, 6.07) is 3.34. The summed E-state index contributed by atoms with van der Waals surface area (Å²) in [7, 11) is -2.97. The van der Waals surface area contributed by atoms with Gasteiger partial charge in [0.15, 0.2) is 5.82 Å². The van der Waals surface area contributed by atoms with Crippen molar-refractivity contribution in [3.63, 3.8) is 0 Å². The zero-order chi connectivity index (χ0) is 16.6. The molecule has 1 aromatic carbocycles. The third-order valence-corrected chi connectivity index (χ3v) is 3.91. The van der Waals surface area contributed by atoms with Crippen LogP contribution in [-0.2, 0) is 10.9 Å². The van der Waals surface area contributed by atoms with E-state index in [0.29, 0.717) is 15.7 Å². The van der Waals surface area contributed by atoms with Gasteiger partial charge in [0.05, 0.1) is 10.0 Å². The molecule has 5 N–H and O–H groups in total. The summed E-state index contributed by atoms with van der Waals surface area (Å²) in [6.07, 6.45) is 0. The Balaban J connectivity index is 2.75. The minimum absolute atomic E-state index is 0.0173. The monoisotopic (exact) mass is 379 g/mol. The smallest absolute Gasteiger partial charge is 0.222 e. The van der Waals surface area contributed by atoms with Crippen molar-refractivity contribution >= 4 is 62.8 Å². The lowest BCUT2D eigenvalue weighted by Gasteiger charge is -2.10. The highest BCUT2D eigenvalue weighted by atomic mass is 35.5. The van der Waals surface area contributed by atoms with Crippen LogP contribution in [0.3, 0.4) is 0 Å². The number of hydrogen-bond donors (Lipinski definition) is 4. The predicted molar refractivity (Wildman–Crippen MR) is 92.6 cm³/mol. The van der Waals surface area contributed by atoms with Crippen LogP contribution in [0.1, 0.15) is 11.3 Å². The number of halogens is 2.